The molecule has 2 nitrogen and oxygen atoms in total. The van der Waals surface area contributed by atoms with Gasteiger partial charge in [0, 0.05) is 30.5 Å². The van der Waals surface area contributed by atoms with Gasteiger partial charge in [-0.05, 0) is 12.5 Å². The molecule has 0 fully saturated rings. The fraction of sp³-hybridized carbons (Fsp3) is 0.250. The zero-order chi connectivity index (χ0) is 13.0. The third kappa shape index (κ3) is 3.04. The first-order chi connectivity index (χ1) is 8.66. The van der Waals surface area contributed by atoms with Crippen LogP contribution in [0.2, 0.25) is 0 Å². The summed E-state index contributed by atoms with van der Waals surface area (Å²) in [5, 5.41) is 0. The normalized spacial score (nSPS) is 10.3. The Morgan fingerprint density at radius 3 is 2.61 bits per heavy atom. The molecule has 0 radical (unpaired) electrons. The second-order valence-electron chi connectivity index (χ2n) is 4.60. The molecule has 2 heteroatoms. The lowest BCUT2D eigenvalue weighted by molar-refractivity contribution is -0.679. The Morgan fingerprint density at radius 1 is 1.17 bits per heavy atom. The lowest BCUT2D eigenvalue weighted by atomic mass is 10.0. The summed E-state index contributed by atoms with van der Waals surface area (Å²) >= 11 is 0. The van der Waals surface area contributed by atoms with Crippen molar-refractivity contribution in [3.05, 3.63) is 65.5 Å². The predicted molar refractivity (Wildman–Crippen MR) is 71.4 cm³/mol. The third-order valence-corrected chi connectivity index (χ3v) is 3.11. The van der Waals surface area contributed by atoms with E-state index >= 15 is 0 Å². The molecule has 18 heavy (non-hydrogen) atoms. The highest BCUT2D eigenvalue weighted by Gasteiger charge is 2.11. The highest BCUT2D eigenvalue weighted by atomic mass is 16.1. The molecule has 1 heterocycles. The molecule has 2 rings (SSSR count). The SMILES string of the molecule is Cc1cc[n+](C)c(CCC(=O)c2ccccc2)c1. The lowest BCUT2D eigenvalue weighted by Gasteiger charge is -2.02. The molecule has 0 atom stereocenters. The van der Waals surface area contributed by atoms with Crippen LogP contribution in [0, 0.1) is 6.92 Å². The third-order valence-electron chi connectivity index (χ3n) is 3.11. The summed E-state index contributed by atoms with van der Waals surface area (Å²) in [4.78, 5) is 12.0. The largest absolute Gasteiger partial charge is 0.294 e. The summed E-state index contributed by atoms with van der Waals surface area (Å²) < 4.78 is 2.07. The molecule has 0 unspecified atom stereocenters. The molecule has 0 saturated carbocycles. The first kappa shape index (κ1) is 12.5. The first-order valence-corrected chi connectivity index (χ1v) is 6.20. The number of aromatic nitrogens is 1. The summed E-state index contributed by atoms with van der Waals surface area (Å²) in [7, 11) is 2.02. The Hall–Kier alpha value is -1.96. The van der Waals surface area contributed by atoms with Crippen LogP contribution >= 0.6 is 0 Å². The van der Waals surface area contributed by atoms with Gasteiger partial charge in [0.2, 0.25) is 0 Å². The monoisotopic (exact) mass is 240 g/mol. The Balaban J connectivity index is 2.04. The second kappa shape index (κ2) is 5.58. The lowest BCUT2D eigenvalue weighted by Crippen LogP contribution is -2.33. The van der Waals surface area contributed by atoms with Crippen LogP contribution < -0.4 is 4.57 Å². The minimum atomic E-state index is 0.206. The maximum absolute atomic E-state index is 12.0. The second-order valence-corrected chi connectivity index (χ2v) is 4.60. The number of carbonyl (C=O) groups excluding carboxylic acids is 1. The molecule has 0 aliphatic rings. The number of benzene rings is 1. The van der Waals surface area contributed by atoms with Crippen LogP contribution in [0.15, 0.2) is 48.7 Å². The fourth-order valence-electron chi connectivity index (χ4n) is 2.00. The van der Waals surface area contributed by atoms with Gasteiger partial charge in [-0.3, -0.25) is 4.79 Å². The number of aryl methyl sites for hydroxylation is 3. The Bertz CT molecular complexity index is 546. The molecular weight excluding hydrogens is 222 g/mol. The van der Waals surface area contributed by atoms with Crippen molar-refractivity contribution < 1.29 is 9.36 Å². The zero-order valence-corrected chi connectivity index (χ0v) is 10.9. The molecule has 0 aliphatic heterocycles. The highest BCUT2D eigenvalue weighted by Crippen LogP contribution is 2.07. The van der Waals surface area contributed by atoms with E-state index in [-0.39, 0.29) is 5.78 Å². The number of hydrogen-bond donors (Lipinski definition) is 0. The van der Waals surface area contributed by atoms with Crippen molar-refractivity contribution in [2.75, 3.05) is 0 Å². The van der Waals surface area contributed by atoms with Crippen LogP contribution in [0.1, 0.15) is 28.0 Å². The van der Waals surface area contributed by atoms with Crippen molar-refractivity contribution in [3.8, 4) is 0 Å². The van der Waals surface area contributed by atoms with Gasteiger partial charge in [-0.25, -0.2) is 4.57 Å². The summed E-state index contributed by atoms with van der Waals surface area (Å²) in [5.74, 6) is 0.206. The molecule has 0 saturated heterocycles. The van der Waals surface area contributed by atoms with Crippen molar-refractivity contribution in [1.29, 1.82) is 0 Å². The van der Waals surface area contributed by atoms with Gasteiger partial charge in [0.25, 0.3) is 0 Å². The van der Waals surface area contributed by atoms with E-state index < -0.39 is 0 Å². The van der Waals surface area contributed by atoms with Crippen LogP contribution in [-0.4, -0.2) is 5.78 Å². The summed E-state index contributed by atoms with van der Waals surface area (Å²) in [6.45, 7) is 2.07. The fourth-order valence-corrected chi connectivity index (χ4v) is 2.00. The summed E-state index contributed by atoms with van der Waals surface area (Å²) in [5.41, 5.74) is 3.22. The molecule has 1 aromatic carbocycles. The van der Waals surface area contributed by atoms with Crippen LogP contribution in [0.3, 0.4) is 0 Å². The minimum Gasteiger partial charge on any atom is -0.294 e. The molecule has 1 aromatic heterocycles. The Kier molecular flexibility index (Phi) is 3.88. The minimum absolute atomic E-state index is 0.206. The first-order valence-electron chi connectivity index (χ1n) is 6.20. The van der Waals surface area contributed by atoms with E-state index in [1.54, 1.807) is 0 Å². The van der Waals surface area contributed by atoms with E-state index in [4.69, 9.17) is 0 Å². The average molecular weight is 240 g/mol. The molecule has 0 bridgehead atoms. The molecular formula is C16H18NO+. The summed E-state index contributed by atoms with van der Waals surface area (Å²) in [6.07, 6.45) is 3.38. The van der Waals surface area contributed by atoms with Gasteiger partial charge < -0.3 is 0 Å². The van der Waals surface area contributed by atoms with Gasteiger partial charge in [0.15, 0.2) is 17.7 Å². The van der Waals surface area contributed by atoms with Crippen LogP contribution in [-0.2, 0) is 13.5 Å². The number of carbonyl (C=O) groups is 1. The van der Waals surface area contributed by atoms with Crippen molar-refractivity contribution in [2.45, 2.75) is 19.8 Å². The number of hydrogen-bond acceptors (Lipinski definition) is 1. The zero-order valence-electron chi connectivity index (χ0n) is 10.9. The van der Waals surface area contributed by atoms with Crippen LogP contribution in [0.5, 0.6) is 0 Å². The molecule has 0 aliphatic carbocycles. The van der Waals surface area contributed by atoms with Crippen molar-refractivity contribution in [1.82, 2.24) is 0 Å². The molecule has 0 N–H and O–H groups in total. The number of nitrogens with zero attached hydrogens (tertiary/aromatic N) is 1. The molecule has 0 spiro atoms. The summed E-state index contributed by atoms with van der Waals surface area (Å²) in [6, 6.07) is 13.7. The van der Waals surface area contributed by atoms with Gasteiger partial charge in [-0.15, -0.1) is 0 Å². The van der Waals surface area contributed by atoms with Crippen LogP contribution in [0.4, 0.5) is 0 Å². The Labute approximate surface area is 108 Å². The van der Waals surface area contributed by atoms with E-state index in [1.807, 2.05) is 43.6 Å². The highest BCUT2D eigenvalue weighted by molar-refractivity contribution is 5.96. The van der Waals surface area contributed by atoms with Gasteiger partial charge in [0.05, 0.1) is 0 Å². The van der Waals surface area contributed by atoms with Gasteiger partial charge >= 0.3 is 0 Å². The number of rotatable bonds is 4. The van der Waals surface area contributed by atoms with Gasteiger partial charge in [0.1, 0.15) is 7.05 Å². The van der Waals surface area contributed by atoms with E-state index in [1.165, 1.54) is 11.3 Å². The topological polar surface area (TPSA) is 20.9 Å². The van der Waals surface area contributed by atoms with Crippen LogP contribution in [0.25, 0.3) is 0 Å². The molecule has 0 amide bonds. The maximum Gasteiger partial charge on any atom is 0.181 e. The smallest absolute Gasteiger partial charge is 0.181 e. The van der Waals surface area contributed by atoms with Crippen molar-refractivity contribution in [3.63, 3.8) is 0 Å². The molecule has 2 aromatic rings. The predicted octanol–water partition coefficient (Wildman–Crippen LogP) is 2.64. The van der Waals surface area contributed by atoms with E-state index in [0.717, 1.165) is 12.0 Å². The Morgan fingerprint density at radius 2 is 1.89 bits per heavy atom. The van der Waals surface area contributed by atoms with Crippen molar-refractivity contribution >= 4 is 5.78 Å². The van der Waals surface area contributed by atoms with E-state index in [0.29, 0.717) is 6.42 Å². The maximum atomic E-state index is 12.0. The number of ketones is 1. The quantitative estimate of drug-likeness (QED) is 0.594. The average Bonchev–Trinajstić information content (AvgIpc) is 2.40. The number of Topliss-reactive ketones (excluding diaryl/α,β-unsaturated/α-hetero) is 1. The van der Waals surface area contributed by atoms with E-state index in [2.05, 4.69) is 23.6 Å². The molecule has 92 valence electrons. The van der Waals surface area contributed by atoms with Gasteiger partial charge in [-0.1, -0.05) is 30.3 Å². The van der Waals surface area contributed by atoms with Crippen molar-refractivity contribution in [2.24, 2.45) is 7.05 Å². The number of pyridine rings is 1. The standard InChI is InChI=1S/C16H18NO/c1-13-10-11-17(2)15(12-13)8-9-16(18)14-6-4-3-5-7-14/h3-7,10-12H,8-9H2,1-2H3/q+1. The van der Waals surface area contributed by atoms with E-state index in [9.17, 15) is 4.79 Å². The van der Waals surface area contributed by atoms with Gasteiger partial charge in [-0.2, -0.15) is 0 Å².